The zero-order chi connectivity index (χ0) is 31.5. The molecule has 6 rings (SSSR count). The van der Waals surface area contributed by atoms with Gasteiger partial charge in [-0.3, -0.25) is 29.7 Å². The fraction of sp³-hybridized carbons (Fsp3) is 0.300. The average molecular weight is 647 g/mol. The molecule has 4 aromatic rings. The van der Waals surface area contributed by atoms with Gasteiger partial charge >= 0.3 is 6.03 Å². The van der Waals surface area contributed by atoms with E-state index in [4.69, 9.17) is 11.6 Å². The summed E-state index contributed by atoms with van der Waals surface area (Å²) in [5, 5.41) is 9.49. The molecule has 0 atom stereocenters. The molecule has 3 aromatic heterocycles. The number of hydrogen-bond acceptors (Lipinski definition) is 11. The number of carbonyl (C=O) groups is 3. The van der Waals surface area contributed by atoms with Gasteiger partial charge in [-0.15, -0.1) is 0 Å². The Morgan fingerprint density at radius 3 is 2.67 bits per heavy atom. The average Bonchev–Trinajstić information content (AvgIpc) is 3.48. The number of carbonyl (C=O) groups excluding carboxylic acids is 3. The first-order valence-electron chi connectivity index (χ1n) is 14.4. The number of aromatic nitrogens is 4. The Bertz CT molecular complexity index is 1740. The van der Waals surface area contributed by atoms with E-state index in [1.807, 2.05) is 38.1 Å². The van der Waals surface area contributed by atoms with Gasteiger partial charge in [-0.2, -0.15) is 0 Å². The molecule has 13 nitrogen and oxygen atoms in total. The lowest BCUT2D eigenvalue weighted by Gasteiger charge is -2.36. The fourth-order valence-electron chi connectivity index (χ4n) is 5.25. The number of para-hydroxylation sites is 1. The van der Waals surface area contributed by atoms with Gasteiger partial charge in [0.1, 0.15) is 22.3 Å². The minimum Gasteiger partial charge on any atom is -0.354 e. The van der Waals surface area contributed by atoms with Crippen LogP contribution < -0.4 is 25.8 Å². The summed E-state index contributed by atoms with van der Waals surface area (Å²) in [6, 6.07) is 8.84. The number of amides is 4. The zero-order valence-corrected chi connectivity index (χ0v) is 26.3. The highest BCUT2D eigenvalue weighted by atomic mass is 35.5. The Balaban J connectivity index is 1.07. The Labute approximate surface area is 268 Å². The van der Waals surface area contributed by atoms with Crippen molar-refractivity contribution in [2.75, 3.05) is 53.2 Å². The zero-order valence-electron chi connectivity index (χ0n) is 24.7. The van der Waals surface area contributed by atoms with Gasteiger partial charge in [0.2, 0.25) is 5.91 Å². The minimum atomic E-state index is -0.418. The standard InChI is InChI=1S/C30H31ClN10O3S/c1-18-4-3-5-21(31)27(18)38-28(43)23-16-33-29(45-23)36-24-14-25(35-19(2)34-24)40-12-10-39(11-13-40)17-20-6-8-32-15-22(20)41-9-7-26(42)37-30(41)44/h3-6,8,14-16H,7,9-13,17H2,1-2H3,(H,38,43)(H,37,42,44)(H,33,34,35,36). The van der Waals surface area contributed by atoms with Crippen molar-refractivity contribution >= 4 is 68.9 Å². The van der Waals surface area contributed by atoms with Crippen LogP contribution in [0.5, 0.6) is 0 Å². The Morgan fingerprint density at radius 2 is 1.89 bits per heavy atom. The summed E-state index contributed by atoms with van der Waals surface area (Å²) in [6.45, 7) is 7.77. The maximum atomic E-state index is 12.9. The molecule has 0 unspecified atom stereocenters. The van der Waals surface area contributed by atoms with Crippen molar-refractivity contribution in [2.45, 2.75) is 26.8 Å². The monoisotopic (exact) mass is 646 g/mol. The summed E-state index contributed by atoms with van der Waals surface area (Å²) in [7, 11) is 0. The van der Waals surface area contributed by atoms with E-state index in [1.54, 1.807) is 23.4 Å². The molecule has 232 valence electrons. The lowest BCUT2D eigenvalue weighted by molar-refractivity contribution is -0.120. The van der Waals surface area contributed by atoms with Crippen molar-refractivity contribution in [2.24, 2.45) is 0 Å². The topological polar surface area (TPSA) is 149 Å². The molecule has 45 heavy (non-hydrogen) atoms. The normalized spacial score (nSPS) is 15.6. The number of rotatable bonds is 8. The van der Waals surface area contributed by atoms with E-state index in [1.165, 1.54) is 17.5 Å². The van der Waals surface area contributed by atoms with Crippen LogP contribution in [0.1, 0.15) is 33.0 Å². The largest absolute Gasteiger partial charge is 0.354 e. The van der Waals surface area contributed by atoms with Gasteiger partial charge in [-0.05, 0) is 37.1 Å². The molecule has 0 spiro atoms. The third-order valence-corrected chi connectivity index (χ3v) is 8.80. The van der Waals surface area contributed by atoms with E-state index in [9.17, 15) is 14.4 Å². The highest BCUT2D eigenvalue weighted by molar-refractivity contribution is 7.17. The molecule has 15 heteroatoms. The summed E-state index contributed by atoms with van der Waals surface area (Å²) in [4.78, 5) is 61.3. The molecule has 0 bridgehead atoms. The molecule has 3 N–H and O–H groups in total. The van der Waals surface area contributed by atoms with Gasteiger partial charge in [0, 0.05) is 58.0 Å². The predicted octanol–water partition coefficient (Wildman–Crippen LogP) is 4.36. The highest BCUT2D eigenvalue weighted by Crippen LogP contribution is 2.29. The summed E-state index contributed by atoms with van der Waals surface area (Å²) in [5.74, 6) is 1.44. The van der Waals surface area contributed by atoms with E-state index in [0.717, 1.165) is 43.1 Å². The lowest BCUT2D eigenvalue weighted by Crippen LogP contribution is -2.50. The molecule has 2 aliphatic heterocycles. The number of benzene rings is 1. The van der Waals surface area contributed by atoms with Crippen molar-refractivity contribution in [1.29, 1.82) is 0 Å². The quantitative estimate of drug-likeness (QED) is 0.252. The minimum absolute atomic E-state index is 0.260. The van der Waals surface area contributed by atoms with Crippen molar-refractivity contribution < 1.29 is 14.4 Å². The third kappa shape index (κ3) is 7.03. The smallest absolute Gasteiger partial charge is 0.328 e. The first-order chi connectivity index (χ1) is 21.7. The Morgan fingerprint density at radius 1 is 1.07 bits per heavy atom. The first-order valence-corrected chi connectivity index (χ1v) is 15.6. The van der Waals surface area contributed by atoms with Crippen molar-refractivity contribution in [3.63, 3.8) is 0 Å². The van der Waals surface area contributed by atoms with Crippen LogP contribution in [-0.2, 0) is 11.3 Å². The van der Waals surface area contributed by atoms with Crippen molar-refractivity contribution in [3.05, 3.63) is 75.8 Å². The second-order valence-electron chi connectivity index (χ2n) is 10.7. The molecule has 2 saturated heterocycles. The summed E-state index contributed by atoms with van der Waals surface area (Å²) in [6.07, 6.45) is 5.18. The number of piperazine rings is 1. The molecule has 4 amide bonds. The molecule has 2 fully saturated rings. The predicted molar refractivity (Wildman–Crippen MR) is 174 cm³/mol. The Hall–Kier alpha value is -4.66. The van der Waals surface area contributed by atoms with Crippen molar-refractivity contribution in [1.82, 2.24) is 30.2 Å². The van der Waals surface area contributed by atoms with Gasteiger partial charge in [-0.1, -0.05) is 35.1 Å². The third-order valence-electron chi connectivity index (χ3n) is 7.57. The van der Waals surface area contributed by atoms with E-state index in [-0.39, 0.29) is 18.2 Å². The first kappa shape index (κ1) is 30.4. The van der Waals surface area contributed by atoms with Crippen LogP contribution in [0.15, 0.2) is 48.9 Å². The lowest BCUT2D eigenvalue weighted by atomic mass is 10.1. The Kier molecular flexibility index (Phi) is 8.87. The van der Waals surface area contributed by atoms with Gasteiger partial charge in [-0.25, -0.2) is 19.7 Å². The number of urea groups is 1. The number of halogens is 1. The van der Waals surface area contributed by atoms with E-state index in [2.05, 4.69) is 45.7 Å². The molecule has 0 aliphatic carbocycles. The van der Waals surface area contributed by atoms with Crippen LogP contribution in [0.25, 0.3) is 0 Å². The van der Waals surface area contributed by atoms with Crippen LogP contribution in [-0.4, -0.2) is 75.4 Å². The molecular weight excluding hydrogens is 616 g/mol. The number of anilines is 5. The van der Waals surface area contributed by atoms with Crippen molar-refractivity contribution in [3.8, 4) is 0 Å². The number of imide groups is 1. The SMILES string of the molecule is Cc1nc(Nc2ncc(C(=O)Nc3c(C)cccc3Cl)s2)cc(N2CCN(Cc3ccncc3N3CCC(=O)NC3=O)CC2)n1. The van der Waals surface area contributed by atoms with Gasteiger partial charge in [0.05, 0.1) is 28.8 Å². The number of thiazole rings is 1. The maximum absolute atomic E-state index is 12.9. The highest BCUT2D eigenvalue weighted by Gasteiger charge is 2.27. The van der Waals surface area contributed by atoms with Crippen LogP contribution in [0, 0.1) is 13.8 Å². The number of nitrogens with zero attached hydrogens (tertiary/aromatic N) is 7. The molecule has 2 aliphatic rings. The summed E-state index contributed by atoms with van der Waals surface area (Å²) < 4.78 is 0. The molecule has 1 aromatic carbocycles. The van der Waals surface area contributed by atoms with Gasteiger partial charge < -0.3 is 15.5 Å². The number of nitrogens with one attached hydrogen (secondary N) is 3. The van der Waals surface area contributed by atoms with Crippen LogP contribution in [0.2, 0.25) is 5.02 Å². The molecular formula is C30H31ClN10O3S. The van der Waals surface area contributed by atoms with Gasteiger partial charge in [0.25, 0.3) is 5.91 Å². The van der Waals surface area contributed by atoms with E-state index >= 15 is 0 Å². The van der Waals surface area contributed by atoms with Crippen LogP contribution >= 0.6 is 22.9 Å². The van der Waals surface area contributed by atoms with E-state index < -0.39 is 6.03 Å². The van der Waals surface area contributed by atoms with Crippen LogP contribution in [0.3, 0.4) is 0 Å². The summed E-state index contributed by atoms with van der Waals surface area (Å²) >= 11 is 7.49. The molecule has 0 radical (unpaired) electrons. The molecule has 5 heterocycles. The maximum Gasteiger partial charge on any atom is 0.328 e. The summed E-state index contributed by atoms with van der Waals surface area (Å²) in [5.41, 5.74) is 3.15. The number of aryl methyl sites for hydroxylation is 2. The second-order valence-corrected chi connectivity index (χ2v) is 12.2. The second kappa shape index (κ2) is 13.1. The number of hydrogen-bond donors (Lipinski definition) is 3. The molecule has 0 saturated carbocycles. The number of pyridine rings is 1. The van der Waals surface area contributed by atoms with Gasteiger partial charge in [0.15, 0.2) is 5.13 Å². The van der Waals surface area contributed by atoms with Crippen LogP contribution in [0.4, 0.5) is 32.9 Å². The fourth-order valence-corrected chi connectivity index (χ4v) is 6.24. The van der Waals surface area contributed by atoms with E-state index in [0.29, 0.717) is 51.1 Å².